The Balaban J connectivity index is 2.55. The number of benzene rings is 1. The van der Waals surface area contributed by atoms with Gasteiger partial charge in [0.1, 0.15) is 11.5 Å². The van der Waals surface area contributed by atoms with Gasteiger partial charge in [0, 0.05) is 23.5 Å². The third-order valence-electron chi connectivity index (χ3n) is 4.94. The number of hydrogen-bond acceptors (Lipinski definition) is 3. The molecule has 0 saturated carbocycles. The van der Waals surface area contributed by atoms with E-state index in [1.807, 2.05) is 27.7 Å². The molecule has 0 fully saturated rings. The van der Waals surface area contributed by atoms with Crippen LogP contribution in [0.15, 0.2) is 21.3 Å². The van der Waals surface area contributed by atoms with Gasteiger partial charge in [-0.25, -0.2) is 0 Å². The van der Waals surface area contributed by atoms with Gasteiger partial charge < -0.3 is 9.52 Å². The number of aliphatic hydroxyl groups excluding tert-OH is 1. The number of aryl methyl sites for hydroxylation is 4. The van der Waals surface area contributed by atoms with Crippen molar-refractivity contribution in [1.82, 2.24) is 0 Å². The van der Waals surface area contributed by atoms with Crippen molar-refractivity contribution >= 4 is 0 Å². The van der Waals surface area contributed by atoms with Crippen LogP contribution < -0.4 is 5.43 Å². The van der Waals surface area contributed by atoms with Crippen molar-refractivity contribution in [1.29, 1.82) is 0 Å². The van der Waals surface area contributed by atoms with Crippen LogP contribution in [-0.2, 0) is 6.42 Å². The molecule has 2 aromatic rings. The second-order valence-electron chi connectivity index (χ2n) is 6.87. The van der Waals surface area contributed by atoms with Gasteiger partial charge in [-0.1, -0.05) is 31.5 Å². The molecule has 0 spiro atoms. The maximum atomic E-state index is 12.5. The molecular formula is C21H28O3. The van der Waals surface area contributed by atoms with E-state index in [9.17, 15) is 9.90 Å². The summed E-state index contributed by atoms with van der Waals surface area (Å²) in [5, 5.41) is 11.0. The molecule has 1 N–H and O–H groups in total. The lowest BCUT2D eigenvalue weighted by Crippen LogP contribution is -2.19. The van der Waals surface area contributed by atoms with Crippen molar-refractivity contribution in [3.63, 3.8) is 0 Å². The highest BCUT2D eigenvalue weighted by molar-refractivity contribution is 5.40. The van der Waals surface area contributed by atoms with E-state index in [0.29, 0.717) is 29.1 Å². The molecule has 0 radical (unpaired) electrons. The third-order valence-corrected chi connectivity index (χ3v) is 4.94. The largest absolute Gasteiger partial charge is 0.465 e. The molecule has 130 valence electrons. The summed E-state index contributed by atoms with van der Waals surface area (Å²) in [6.45, 7) is 13.6. The number of hydrogen-bond donors (Lipinski definition) is 1. The Morgan fingerprint density at radius 1 is 1.04 bits per heavy atom. The normalized spacial score (nSPS) is 13.8. The fourth-order valence-corrected chi connectivity index (χ4v) is 3.63. The average molecular weight is 328 g/mol. The summed E-state index contributed by atoms with van der Waals surface area (Å²) in [4.78, 5) is 12.5. The van der Waals surface area contributed by atoms with E-state index in [1.165, 1.54) is 5.56 Å². The molecule has 2 atom stereocenters. The lowest BCUT2D eigenvalue weighted by atomic mass is 9.87. The van der Waals surface area contributed by atoms with E-state index >= 15 is 0 Å². The van der Waals surface area contributed by atoms with E-state index in [-0.39, 0.29) is 11.3 Å². The first-order valence-corrected chi connectivity index (χ1v) is 8.57. The summed E-state index contributed by atoms with van der Waals surface area (Å²) in [6, 6.07) is 4.15. The van der Waals surface area contributed by atoms with Crippen LogP contribution in [0.2, 0.25) is 0 Å². The van der Waals surface area contributed by atoms with Crippen LogP contribution in [0.1, 0.15) is 70.8 Å². The highest BCUT2D eigenvalue weighted by Gasteiger charge is 2.27. The van der Waals surface area contributed by atoms with Crippen LogP contribution in [0.3, 0.4) is 0 Å². The monoisotopic (exact) mass is 328 g/mol. The third kappa shape index (κ3) is 3.18. The average Bonchev–Trinajstić information content (AvgIpc) is 2.51. The van der Waals surface area contributed by atoms with Gasteiger partial charge in [-0.15, -0.1) is 0 Å². The molecule has 0 bridgehead atoms. The summed E-state index contributed by atoms with van der Waals surface area (Å²) < 4.78 is 6.02. The van der Waals surface area contributed by atoms with Crippen LogP contribution in [0.25, 0.3) is 0 Å². The molecule has 1 aromatic heterocycles. The Labute approximate surface area is 144 Å². The van der Waals surface area contributed by atoms with E-state index in [0.717, 1.165) is 16.7 Å². The minimum Gasteiger partial charge on any atom is -0.465 e. The predicted molar refractivity (Wildman–Crippen MR) is 97.9 cm³/mol. The van der Waals surface area contributed by atoms with Gasteiger partial charge >= 0.3 is 0 Å². The van der Waals surface area contributed by atoms with Crippen LogP contribution in [0, 0.1) is 34.6 Å². The minimum atomic E-state index is -0.708. The molecule has 0 saturated heterocycles. The quantitative estimate of drug-likeness (QED) is 0.893. The van der Waals surface area contributed by atoms with Crippen molar-refractivity contribution < 1.29 is 9.52 Å². The Bertz CT molecular complexity index is 792. The molecule has 0 amide bonds. The SMILES string of the molecule is CCc1oc([C@@H](C)[C@@H](O)c2c(C)cc(C)cc2C)c(C)c(=O)c1C. The smallest absolute Gasteiger partial charge is 0.191 e. The van der Waals surface area contributed by atoms with Crippen molar-refractivity contribution in [3.8, 4) is 0 Å². The highest BCUT2D eigenvalue weighted by atomic mass is 16.3. The zero-order valence-corrected chi connectivity index (χ0v) is 15.8. The van der Waals surface area contributed by atoms with Gasteiger partial charge in [0.25, 0.3) is 0 Å². The minimum absolute atomic E-state index is 0.0181. The molecule has 3 heteroatoms. The molecule has 0 aliphatic rings. The van der Waals surface area contributed by atoms with Crippen molar-refractivity contribution in [2.24, 2.45) is 0 Å². The molecule has 2 rings (SSSR count). The fraction of sp³-hybridized carbons (Fsp3) is 0.476. The Morgan fingerprint density at radius 2 is 1.58 bits per heavy atom. The van der Waals surface area contributed by atoms with Crippen molar-refractivity contribution in [2.75, 3.05) is 0 Å². The molecule has 24 heavy (non-hydrogen) atoms. The number of aliphatic hydroxyl groups is 1. The Morgan fingerprint density at radius 3 is 2.08 bits per heavy atom. The topological polar surface area (TPSA) is 50.4 Å². The van der Waals surface area contributed by atoms with Gasteiger partial charge in [-0.05, 0) is 51.3 Å². The molecule has 0 unspecified atom stereocenters. The van der Waals surface area contributed by atoms with Gasteiger partial charge in [-0.3, -0.25) is 4.79 Å². The van der Waals surface area contributed by atoms with Crippen LogP contribution >= 0.6 is 0 Å². The highest BCUT2D eigenvalue weighted by Crippen LogP contribution is 2.36. The molecule has 3 nitrogen and oxygen atoms in total. The van der Waals surface area contributed by atoms with Crippen LogP contribution in [0.4, 0.5) is 0 Å². The van der Waals surface area contributed by atoms with Crippen LogP contribution in [-0.4, -0.2) is 5.11 Å². The fourth-order valence-electron chi connectivity index (χ4n) is 3.63. The maximum absolute atomic E-state index is 12.5. The summed E-state index contributed by atoms with van der Waals surface area (Å²) in [6.07, 6.45) is -0.0420. The van der Waals surface area contributed by atoms with Gasteiger partial charge in [0.2, 0.25) is 0 Å². The molecule has 0 aliphatic carbocycles. The lowest BCUT2D eigenvalue weighted by Gasteiger charge is -2.24. The van der Waals surface area contributed by atoms with Gasteiger partial charge in [-0.2, -0.15) is 0 Å². The molecule has 1 aromatic carbocycles. The summed E-state index contributed by atoms with van der Waals surface area (Å²) in [5.41, 5.74) is 5.52. The standard InChI is InChI=1S/C21H28O3/c1-8-17-14(5)19(22)15(6)21(24-17)16(7)20(23)18-12(3)9-11(2)10-13(18)4/h9-10,16,20,23H,8H2,1-7H3/t16-,20+/m0/s1. The maximum Gasteiger partial charge on any atom is 0.191 e. The second kappa shape index (κ2) is 6.94. The van der Waals surface area contributed by atoms with E-state index in [4.69, 9.17) is 4.42 Å². The van der Waals surface area contributed by atoms with Gasteiger partial charge in [0.15, 0.2) is 5.43 Å². The Hall–Kier alpha value is -1.87. The lowest BCUT2D eigenvalue weighted by molar-refractivity contribution is 0.137. The summed E-state index contributed by atoms with van der Waals surface area (Å²) >= 11 is 0. The second-order valence-corrected chi connectivity index (χ2v) is 6.87. The van der Waals surface area contributed by atoms with Crippen LogP contribution in [0.5, 0.6) is 0 Å². The Kier molecular flexibility index (Phi) is 5.34. The van der Waals surface area contributed by atoms with Crippen molar-refractivity contribution in [3.05, 3.63) is 67.3 Å². The van der Waals surface area contributed by atoms with E-state index in [1.54, 1.807) is 13.8 Å². The van der Waals surface area contributed by atoms with Crippen molar-refractivity contribution in [2.45, 2.75) is 66.9 Å². The zero-order chi connectivity index (χ0) is 18.2. The summed E-state index contributed by atoms with van der Waals surface area (Å²) in [7, 11) is 0. The first-order valence-electron chi connectivity index (χ1n) is 8.57. The summed E-state index contributed by atoms with van der Waals surface area (Å²) in [5.74, 6) is 1.01. The predicted octanol–water partition coefficient (Wildman–Crippen LogP) is 4.58. The first kappa shape index (κ1) is 18.5. The van der Waals surface area contributed by atoms with E-state index in [2.05, 4.69) is 19.1 Å². The molecule has 1 heterocycles. The first-order chi connectivity index (χ1) is 11.2. The molecule has 0 aliphatic heterocycles. The molecular weight excluding hydrogens is 300 g/mol. The number of rotatable bonds is 4. The van der Waals surface area contributed by atoms with E-state index < -0.39 is 6.10 Å². The van der Waals surface area contributed by atoms with Gasteiger partial charge in [0.05, 0.1) is 6.10 Å². The zero-order valence-electron chi connectivity index (χ0n) is 15.8.